The molecule has 6 rings (SSSR count). The first-order valence-electron chi connectivity index (χ1n) is 14.6. The van der Waals surface area contributed by atoms with E-state index in [9.17, 15) is 29.1 Å². The van der Waals surface area contributed by atoms with Crippen molar-refractivity contribution >= 4 is 52.5 Å². The van der Waals surface area contributed by atoms with E-state index >= 15 is 0 Å². The molecule has 0 bridgehead atoms. The van der Waals surface area contributed by atoms with Crippen LogP contribution < -0.4 is 14.5 Å². The van der Waals surface area contributed by atoms with Crippen LogP contribution in [-0.2, 0) is 30.4 Å². The van der Waals surface area contributed by atoms with Crippen molar-refractivity contribution in [3.63, 3.8) is 0 Å². The first kappa shape index (κ1) is 30.9. The molecular formula is C31H31N3O9S2. The Hall–Kier alpha value is -4.14. The smallest absolute Gasteiger partial charge is 0.338 e. The molecule has 45 heavy (non-hydrogen) atoms. The SMILES string of the molecule is CCOC(=O)c1ccc(N2C(=O)C3Sc4c(sc(=O)n4CC(=O)N4CCOCC4)[C@@H](c4ccc(O)c(OCC)c4)C3C2=O)cc1. The Labute approximate surface area is 266 Å². The third-order valence-corrected chi connectivity index (χ3v) is 10.6. The number of hydrogen-bond acceptors (Lipinski definition) is 11. The van der Waals surface area contributed by atoms with E-state index < -0.39 is 34.9 Å². The molecule has 2 aromatic carbocycles. The minimum Gasteiger partial charge on any atom is -0.504 e. The fourth-order valence-electron chi connectivity index (χ4n) is 5.87. The predicted molar refractivity (Wildman–Crippen MR) is 165 cm³/mol. The van der Waals surface area contributed by atoms with E-state index in [1.807, 2.05) is 0 Å². The molecule has 0 radical (unpaired) electrons. The molecule has 12 nitrogen and oxygen atoms in total. The quantitative estimate of drug-likeness (QED) is 0.285. The van der Waals surface area contributed by atoms with Crippen LogP contribution >= 0.6 is 23.1 Å². The van der Waals surface area contributed by atoms with Crippen LogP contribution in [0.1, 0.15) is 40.6 Å². The van der Waals surface area contributed by atoms with Gasteiger partial charge in [-0.1, -0.05) is 29.2 Å². The van der Waals surface area contributed by atoms with Crippen LogP contribution in [-0.4, -0.2) is 83.0 Å². The molecule has 3 aromatic rings. The van der Waals surface area contributed by atoms with Crippen molar-refractivity contribution < 1.29 is 38.5 Å². The summed E-state index contributed by atoms with van der Waals surface area (Å²) in [5.74, 6) is -3.17. The van der Waals surface area contributed by atoms with Crippen LogP contribution in [0, 0.1) is 5.92 Å². The molecule has 14 heteroatoms. The molecule has 2 unspecified atom stereocenters. The van der Waals surface area contributed by atoms with Crippen molar-refractivity contribution in [3.8, 4) is 11.5 Å². The Kier molecular flexibility index (Phi) is 8.71. The van der Waals surface area contributed by atoms with E-state index in [0.717, 1.165) is 28.0 Å². The maximum absolute atomic E-state index is 14.2. The van der Waals surface area contributed by atoms with Gasteiger partial charge in [0.25, 0.3) is 0 Å². The zero-order valence-electron chi connectivity index (χ0n) is 24.6. The number of fused-ring (bicyclic) bond motifs is 2. The van der Waals surface area contributed by atoms with E-state index in [0.29, 0.717) is 47.5 Å². The number of morpholine rings is 1. The molecule has 0 aliphatic carbocycles. The van der Waals surface area contributed by atoms with Gasteiger partial charge in [-0.05, 0) is 55.8 Å². The van der Waals surface area contributed by atoms with Crippen molar-refractivity contribution in [2.24, 2.45) is 5.92 Å². The summed E-state index contributed by atoms with van der Waals surface area (Å²) in [4.78, 5) is 70.0. The standard InChI is InChI=1S/C31H31N3O9S2/c1-3-42-21-15-18(7-10-20(21)35)23-24-25(28(38)34(27(24)37)19-8-5-17(6-9-19)30(39)43-4-2)44-29-26(23)45-31(40)33(29)16-22(36)32-11-13-41-14-12-32/h5-10,15,23-25,35H,3-4,11-14,16H2,1-2H3/t23-,24?,25?/m0/s1. The molecule has 3 aliphatic heterocycles. The zero-order valence-corrected chi connectivity index (χ0v) is 26.2. The topological polar surface area (TPSA) is 145 Å². The minimum absolute atomic E-state index is 0.0819. The number of carbonyl (C=O) groups is 4. The third-order valence-electron chi connectivity index (χ3n) is 7.99. The Bertz CT molecular complexity index is 1710. The van der Waals surface area contributed by atoms with Gasteiger partial charge in [0, 0.05) is 23.9 Å². The van der Waals surface area contributed by atoms with Crippen molar-refractivity contribution in [3.05, 3.63) is 68.1 Å². The van der Waals surface area contributed by atoms with Crippen LogP contribution in [0.2, 0.25) is 0 Å². The number of rotatable bonds is 8. The Balaban J connectivity index is 1.42. The minimum atomic E-state index is -0.900. The lowest BCUT2D eigenvalue weighted by Gasteiger charge is -2.31. The van der Waals surface area contributed by atoms with Gasteiger partial charge in [-0.15, -0.1) is 0 Å². The number of carbonyl (C=O) groups excluding carboxylic acids is 4. The van der Waals surface area contributed by atoms with Gasteiger partial charge in [-0.25, -0.2) is 9.69 Å². The summed E-state index contributed by atoms with van der Waals surface area (Å²) < 4.78 is 17.4. The van der Waals surface area contributed by atoms with Crippen LogP contribution in [0.25, 0.3) is 0 Å². The van der Waals surface area contributed by atoms with Gasteiger partial charge in [0.05, 0.1) is 48.6 Å². The first-order chi connectivity index (χ1) is 21.7. The molecule has 0 saturated carbocycles. The highest BCUT2D eigenvalue weighted by atomic mass is 32.2. The highest BCUT2D eigenvalue weighted by Crippen LogP contribution is 2.54. The molecule has 4 heterocycles. The fourth-order valence-corrected chi connectivity index (χ4v) is 8.65. The number of aromatic hydroxyl groups is 1. The lowest BCUT2D eigenvalue weighted by atomic mass is 9.83. The van der Waals surface area contributed by atoms with E-state index in [4.69, 9.17) is 14.2 Å². The summed E-state index contributed by atoms with van der Waals surface area (Å²) in [7, 11) is 0. The maximum Gasteiger partial charge on any atom is 0.338 e. The summed E-state index contributed by atoms with van der Waals surface area (Å²) in [5, 5.41) is 9.97. The summed E-state index contributed by atoms with van der Waals surface area (Å²) in [6.07, 6.45) is 0. The first-order valence-corrected chi connectivity index (χ1v) is 16.3. The number of anilines is 1. The molecule has 1 aromatic heterocycles. The molecule has 3 aliphatic rings. The number of hydrogen-bond donors (Lipinski definition) is 1. The molecule has 2 saturated heterocycles. The zero-order chi connectivity index (χ0) is 31.8. The Morgan fingerprint density at radius 2 is 1.73 bits per heavy atom. The van der Waals surface area contributed by atoms with Gasteiger partial charge in [0.1, 0.15) is 11.8 Å². The predicted octanol–water partition coefficient (Wildman–Crippen LogP) is 2.85. The summed E-state index contributed by atoms with van der Waals surface area (Å²) in [6.45, 7) is 5.44. The number of amides is 3. The number of benzene rings is 2. The van der Waals surface area contributed by atoms with Crippen molar-refractivity contribution in [2.45, 2.75) is 36.6 Å². The monoisotopic (exact) mass is 653 g/mol. The fraction of sp³-hybridized carbons (Fsp3) is 0.387. The van der Waals surface area contributed by atoms with Crippen LogP contribution in [0.15, 0.2) is 52.3 Å². The second-order valence-corrected chi connectivity index (χ2v) is 12.7. The van der Waals surface area contributed by atoms with Crippen molar-refractivity contribution in [1.29, 1.82) is 0 Å². The number of imide groups is 1. The van der Waals surface area contributed by atoms with Gasteiger partial charge in [0.15, 0.2) is 11.5 Å². The van der Waals surface area contributed by atoms with Crippen LogP contribution in [0.3, 0.4) is 0 Å². The maximum atomic E-state index is 14.2. The molecular weight excluding hydrogens is 622 g/mol. The van der Waals surface area contributed by atoms with Crippen LogP contribution in [0.5, 0.6) is 11.5 Å². The average molecular weight is 654 g/mol. The Morgan fingerprint density at radius 3 is 2.42 bits per heavy atom. The molecule has 3 amide bonds. The van der Waals surface area contributed by atoms with Gasteiger partial charge in [0.2, 0.25) is 17.7 Å². The van der Waals surface area contributed by atoms with Crippen LogP contribution in [0.4, 0.5) is 5.69 Å². The normalized spacial score (nSPS) is 21.0. The number of ether oxygens (including phenoxy) is 3. The lowest BCUT2D eigenvalue weighted by Crippen LogP contribution is -2.43. The number of nitrogens with zero attached hydrogens (tertiary/aromatic N) is 3. The van der Waals surface area contributed by atoms with E-state index in [2.05, 4.69) is 0 Å². The van der Waals surface area contributed by atoms with Gasteiger partial charge in [-0.2, -0.15) is 0 Å². The highest BCUT2D eigenvalue weighted by Gasteiger charge is 2.57. The number of esters is 1. The largest absolute Gasteiger partial charge is 0.504 e. The number of phenols is 1. The second kappa shape index (κ2) is 12.7. The number of aromatic nitrogens is 1. The third kappa shape index (κ3) is 5.62. The van der Waals surface area contributed by atoms with Crippen molar-refractivity contribution in [2.75, 3.05) is 44.4 Å². The van der Waals surface area contributed by atoms with E-state index in [1.54, 1.807) is 30.9 Å². The second-order valence-electron chi connectivity index (χ2n) is 10.6. The highest BCUT2D eigenvalue weighted by molar-refractivity contribution is 8.00. The molecule has 2 fully saturated rings. The summed E-state index contributed by atoms with van der Waals surface area (Å²) >= 11 is 2.06. The van der Waals surface area contributed by atoms with E-state index in [1.165, 1.54) is 34.9 Å². The average Bonchev–Trinajstić information content (AvgIpc) is 3.49. The summed E-state index contributed by atoms with van der Waals surface area (Å²) in [6, 6.07) is 10.8. The van der Waals surface area contributed by atoms with E-state index in [-0.39, 0.29) is 47.6 Å². The number of phenolic OH excluding ortho intramolecular Hbond substituents is 1. The van der Waals surface area contributed by atoms with Gasteiger partial charge < -0.3 is 24.2 Å². The molecule has 0 spiro atoms. The van der Waals surface area contributed by atoms with Crippen molar-refractivity contribution in [1.82, 2.24) is 9.47 Å². The Morgan fingerprint density at radius 1 is 1.00 bits per heavy atom. The van der Waals surface area contributed by atoms with Gasteiger partial charge >= 0.3 is 10.8 Å². The molecule has 1 N–H and O–H groups in total. The molecule has 236 valence electrons. The van der Waals surface area contributed by atoms with Gasteiger partial charge in [-0.3, -0.25) is 23.7 Å². The number of thioether (sulfide) groups is 1. The summed E-state index contributed by atoms with van der Waals surface area (Å²) in [5.41, 5.74) is 1.17. The molecule has 3 atom stereocenters. The lowest BCUT2D eigenvalue weighted by molar-refractivity contribution is -0.136. The number of thiazole rings is 1.